The van der Waals surface area contributed by atoms with Gasteiger partial charge in [0.25, 0.3) is 0 Å². The number of nitrogens with zero attached hydrogens (tertiary/aromatic N) is 6. The van der Waals surface area contributed by atoms with Gasteiger partial charge in [-0.15, -0.1) is 10.2 Å². The summed E-state index contributed by atoms with van der Waals surface area (Å²) in [7, 11) is 1.70. The Kier molecular flexibility index (Phi) is 4.97. The van der Waals surface area contributed by atoms with Crippen LogP contribution in [0.15, 0.2) is 30.3 Å². The van der Waals surface area contributed by atoms with Gasteiger partial charge in [0, 0.05) is 23.0 Å². The second-order valence-corrected chi connectivity index (χ2v) is 6.29. The van der Waals surface area contributed by atoms with Crippen LogP contribution in [0, 0.1) is 13.8 Å². The quantitative estimate of drug-likeness (QED) is 0.728. The summed E-state index contributed by atoms with van der Waals surface area (Å²) in [5.41, 5.74) is 3.48. The van der Waals surface area contributed by atoms with Crippen molar-refractivity contribution in [2.75, 3.05) is 5.32 Å². The second kappa shape index (κ2) is 7.34. The highest BCUT2D eigenvalue weighted by Crippen LogP contribution is 2.18. The summed E-state index contributed by atoms with van der Waals surface area (Å²) in [5, 5.41) is 22.1. The third-order valence-corrected chi connectivity index (χ3v) is 3.81. The summed E-state index contributed by atoms with van der Waals surface area (Å²) in [6, 6.07) is 8.99. The van der Waals surface area contributed by atoms with E-state index in [-0.39, 0.29) is 12.1 Å². The maximum Gasteiger partial charge on any atom is 0.319 e. The zero-order valence-electron chi connectivity index (χ0n) is 15.3. The van der Waals surface area contributed by atoms with Gasteiger partial charge in [-0.25, -0.2) is 4.79 Å². The molecule has 0 spiro atoms. The number of carbonyl (C=O) groups excluding carboxylic acids is 1. The van der Waals surface area contributed by atoms with Crippen LogP contribution in [-0.4, -0.2) is 42.1 Å². The minimum absolute atomic E-state index is 0.0714. The van der Waals surface area contributed by atoms with Crippen molar-refractivity contribution in [3.05, 3.63) is 41.7 Å². The highest BCUT2D eigenvalue weighted by atomic mass is 16.2. The smallest absolute Gasteiger partial charge is 0.319 e. The summed E-state index contributed by atoms with van der Waals surface area (Å²) in [4.78, 5) is 13.6. The number of benzene rings is 1. The van der Waals surface area contributed by atoms with Crippen LogP contribution in [0.3, 0.4) is 0 Å². The Labute approximate surface area is 151 Å². The molecule has 2 amide bonds. The number of anilines is 1. The summed E-state index contributed by atoms with van der Waals surface area (Å²) in [6.45, 7) is 6.50. The van der Waals surface area contributed by atoms with Crippen molar-refractivity contribution in [1.82, 2.24) is 35.3 Å². The molecule has 0 aliphatic carbocycles. The van der Waals surface area contributed by atoms with Gasteiger partial charge in [-0.1, -0.05) is 12.1 Å². The van der Waals surface area contributed by atoms with Gasteiger partial charge in [-0.3, -0.25) is 4.68 Å². The maximum absolute atomic E-state index is 12.3. The van der Waals surface area contributed by atoms with Gasteiger partial charge in [0.2, 0.25) is 5.82 Å². The molecule has 2 aromatic heterocycles. The minimum Gasteiger partial charge on any atom is -0.334 e. The van der Waals surface area contributed by atoms with E-state index in [2.05, 4.69) is 31.1 Å². The summed E-state index contributed by atoms with van der Waals surface area (Å²) < 4.78 is 1.89. The van der Waals surface area contributed by atoms with E-state index in [1.54, 1.807) is 7.05 Å². The number of aromatic nitrogens is 6. The predicted octanol–water partition coefficient (Wildman–Crippen LogP) is 1.90. The number of hydrogen-bond donors (Lipinski definition) is 2. The Morgan fingerprint density at radius 2 is 2.04 bits per heavy atom. The van der Waals surface area contributed by atoms with Crippen LogP contribution in [0.4, 0.5) is 10.5 Å². The molecular weight excluding hydrogens is 332 g/mol. The van der Waals surface area contributed by atoms with Crippen molar-refractivity contribution in [2.24, 2.45) is 7.05 Å². The highest BCUT2D eigenvalue weighted by Gasteiger charge is 2.11. The molecule has 2 heterocycles. The summed E-state index contributed by atoms with van der Waals surface area (Å²) in [6.07, 6.45) is 0. The van der Waals surface area contributed by atoms with Gasteiger partial charge < -0.3 is 10.6 Å². The zero-order chi connectivity index (χ0) is 18.7. The SMILES string of the molecule is Cc1cc(C)n(C[C@@H](C)NC(=O)Nc2cccc(-c3nnn(C)n3)c2)n1. The normalized spacial score (nSPS) is 12.0. The van der Waals surface area contributed by atoms with Crippen LogP contribution in [0.25, 0.3) is 11.4 Å². The molecule has 3 rings (SSSR count). The van der Waals surface area contributed by atoms with E-state index in [1.165, 1.54) is 4.80 Å². The molecule has 1 atom stereocenters. The Morgan fingerprint density at radius 1 is 1.23 bits per heavy atom. The van der Waals surface area contributed by atoms with Crippen molar-refractivity contribution in [3.8, 4) is 11.4 Å². The van der Waals surface area contributed by atoms with Crippen LogP contribution in [-0.2, 0) is 13.6 Å². The zero-order valence-corrected chi connectivity index (χ0v) is 15.3. The topological polar surface area (TPSA) is 103 Å². The van der Waals surface area contributed by atoms with Crippen molar-refractivity contribution in [2.45, 2.75) is 33.4 Å². The van der Waals surface area contributed by atoms with Crippen LogP contribution in [0.2, 0.25) is 0 Å². The average molecular weight is 354 g/mol. The van der Waals surface area contributed by atoms with Gasteiger partial charge in [-0.2, -0.15) is 9.90 Å². The molecule has 0 bridgehead atoms. The fraction of sp³-hybridized carbons (Fsp3) is 0.353. The number of amides is 2. The van der Waals surface area contributed by atoms with Gasteiger partial charge in [0.1, 0.15) is 0 Å². The Balaban J connectivity index is 1.60. The van der Waals surface area contributed by atoms with E-state index in [0.717, 1.165) is 17.0 Å². The first-order valence-electron chi connectivity index (χ1n) is 8.33. The van der Waals surface area contributed by atoms with E-state index in [9.17, 15) is 4.79 Å². The van der Waals surface area contributed by atoms with Crippen molar-refractivity contribution in [1.29, 1.82) is 0 Å². The molecule has 0 fully saturated rings. The first-order chi connectivity index (χ1) is 12.4. The van der Waals surface area contributed by atoms with E-state index < -0.39 is 0 Å². The molecule has 0 aliphatic rings. The minimum atomic E-state index is -0.275. The number of aryl methyl sites for hydroxylation is 3. The fourth-order valence-electron chi connectivity index (χ4n) is 2.69. The van der Waals surface area contributed by atoms with Crippen LogP contribution >= 0.6 is 0 Å². The lowest BCUT2D eigenvalue weighted by molar-refractivity contribution is 0.247. The van der Waals surface area contributed by atoms with Crippen LogP contribution in [0.1, 0.15) is 18.3 Å². The maximum atomic E-state index is 12.3. The molecule has 0 aliphatic heterocycles. The average Bonchev–Trinajstić information content (AvgIpc) is 3.13. The van der Waals surface area contributed by atoms with Crippen molar-refractivity contribution < 1.29 is 4.79 Å². The number of urea groups is 1. The fourth-order valence-corrected chi connectivity index (χ4v) is 2.69. The van der Waals surface area contributed by atoms with E-state index in [0.29, 0.717) is 18.1 Å². The van der Waals surface area contributed by atoms with Gasteiger partial charge in [-0.05, 0) is 44.2 Å². The van der Waals surface area contributed by atoms with Crippen LogP contribution in [0.5, 0.6) is 0 Å². The lowest BCUT2D eigenvalue weighted by Crippen LogP contribution is -2.38. The van der Waals surface area contributed by atoms with Gasteiger partial charge >= 0.3 is 6.03 Å². The first-order valence-corrected chi connectivity index (χ1v) is 8.33. The molecule has 1 aromatic carbocycles. The molecular formula is C17H22N8O. The predicted molar refractivity (Wildman–Crippen MR) is 97.6 cm³/mol. The molecule has 9 heteroatoms. The van der Waals surface area contributed by atoms with Crippen molar-refractivity contribution >= 4 is 11.7 Å². The largest absolute Gasteiger partial charge is 0.334 e. The first kappa shape index (κ1) is 17.6. The Hall–Kier alpha value is -3.23. The number of hydrogen-bond acceptors (Lipinski definition) is 5. The highest BCUT2D eigenvalue weighted by molar-refractivity contribution is 5.90. The molecule has 0 unspecified atom stereocenters. The molecule has 2 N–H and O–H groups in total. The van der Waals surface area contributed by atoms with Crippen LogP contribution < -0.4 is 10.6 Å². The monoisotopic (exact) mass is 354 g/mol. The summed E-state index contributed by atoms with van der Waals surface area (Å²) in [5.74, 6) is 0.509. The Bertz CT molecular complexity index is 913. The molecule has 136 valence electrons. The number of rotatable bonds is 5. The van der Waals surface area contributed by atoms with Gasteiger partial charge in [0.05, 0.1) is 19.3 Å². The van der Waals surface area contributed by atoms with Crippen molar-refractivity contribution in [3.63, 3.8) is 0 Å². The number of tetrazole rings is 1. The van der Waals surface area contributed by atoms with E-state index >= 15 is 0 Å². The molecule has 0 saturated heterocycles. The summed E-state index contributed by atoms with van der Waals surface area (Å²) >= 11 is 0. The second-order valence-electron chi connectivity index (χ2n) is 6.29. The molecule has 0 radical (unpaired) electrons. The van der Waals surface area contributed by atoms with Gasteiger partial charge in [0.15, 0.2) is 0 Å². The molecule has 0 saturated carbocycles. The van der Waals surface area contributed by atoms with E-state index in [1.807, 2.05) is 55.8 Å². The van der Waals surface area contributed by atoms with E-state index in [4.69, 9.17) is 0 Å². The molecule has 3 aromatic rings. The third kappa shape index (κ3) is 4.24. The Morgan fingerprint density at radius 3 is 2.69 bits per heavy atom. The number of carbonyl (C=O) groups is 1. The number of nitrogens with one attached hydrogen (secondary N) is 2. The standard InChI is InChI=1S/C17H22N8O/c1-11-8-13(3)25(21-11)10-12(2)18-17(26)19-15-7-5-6-14(9-15)16-20-23-24(4)22-16/h5-9,12H,10H2,1-4H3,(H2,18,19,26)/t12-/m1/s1. The third-order valence-electron chi connectivity index (χ3n) is 3.81. The lowest BCUT2D eigenvalue weighted by atomic mass is 10.2. The molecule has 9 nitrogen and oxygen atoms in total. The lowest BCUT2D eigenvalue weighted by Gasteiger charge is -2.16. The molecule has 26 heavy (non-hydrogen) atoms.